The van der Waals surface area contributed by atoms with Gasteiger partial charge in [-0.1, -0.05) is 60.7 Å². The predicted molar refractivity (Wildman–Crippen MR) is 73.8 cm³/mol. The van der Waals surface area contributed by atoms with Crippen LogP contribution in [-0.4, -0.2) is 17.4 Å². The molecule has 0 aliphatic heterocycles. The van der Waals surface area contributed by atoms with Gasteiger partial charge in [-0.3, -0.25) is 0 Å². The number of hydrogen-bond acceptors (Lipinski definition) is 4. The summed E-state index contributed by atoms with van der Waals surface area (Å²) in [5.74, 6) is 0. The molecule has 4 nitrogen and oxygen atoms in total. The van der Waals surface area contributed by atoms with E-state index in [0.717, 1.165) is 11.1 Å². The van der Waals surface area contributed by atoms with Gasteiger partial charge in [0.25, 0.3) is 0 Å². The van der Waals surface area contributed by atoms with Gasteiger partial charge in [-0.25, -0.2) is 0 Å². The Labute approximate surface area is 112 Å². The molecule has 0 aliphatic rings. The second-order valence-electron chi connectivity index (χ2n) is 4.23. The van der Waals surface area contributed by atoms with Crippen molar-refractivity contribution in [1.82, 2.24) is 0 Å². The average Bonchev–Trinajstić information content (AvgIpc) is 2.46. The summed E-state index contributed by atoms with van der Waals surface area (Å²) in [6.45, 7) is 0. The van der Waals surface area contributed by atoms with E-state index in [-0.39, 0.29) is 0 Å². The molecule has 0 aromatic heterocycles. The van der Waals surface area contributed by atoms with Crippen molar-refractivity contribution >= 4 is 7.32 Å². The fourth-order valence-corrected chi connectivity index (χ4v) is 1.99. The third-order valence-corrected chi connectivity index (χ3v) is 2.91. The predicted octanol–water partition coefficient (Wildman–Crippen LogP) is 1.41. The first-order valence-electron chi connectivity index (χ1n) is 6.05. The highest BCUT2D eigenvalue weighted by atomic mass is 16.6. The molecule has 0 radical (unpaired) electrons. The maximum Gasteiger partial charge on any atom is 0.634 e. The second-order valence-corrected chi connectivity index (χ2v) is 4.23. The Hall–Kier alpha value is -1.66. The van der Waals surface area contributed by atoms with Crippen LogP contribution in [0, 0.1) is 0 Å². The molecule has 0 amide bonds. The Bertz CT molecular complexity index is 493. The molecule has 0 saturated heterocycles. The van der Waals surface area contributed by atoms with Gasteiger partial charge in [-0.2, -0.15) is 0 Å². The summed E-state index contributed by atoms with van der Waals surface area (Å²) >= 11 is 0. The minimum absolute atomic E-state index is 0.481. The second kappa shape index (κ2) is 6.49. The van der Waals surface area contributed by atoms with Crippen LogP contribution in [-0.2, 0) is 4.65 Å². The molecular weight excluding hydrogens is 241 g/mol. The Balaban J connectivity index is 2.28. The zero-order chi connectivity index (χ0) is 13.7. The molecule has 0 spiro atoms. The van der Waals surface area contributed by atoms with Crippen LogP contribution in [0.1, 0.15) is 23.3 Å². The molecule has 2 aromatic carbocycles. The highest BCUT2D eigenvalue weighted by Crippen LogP contribution is 2.30. The van der Waals surface area contributed by atoms with E-state index in [2.05, 4.69) is 0 Å². The van der Waals surface area contributed by atoms with E-state index in [9.17, 15) is 0 Å². The van der Waals surface area contributed by atoms with Gasteiger partial charge < -0.3 is 20.4 Å². The van der Waals surface area contributed by atoms with Crippen LogP contribution in [0.4, 0.5) is 0 Å². The monoisotopic (exact) mass is 257 g/mol. The van der Waals surface area contributed by atoms with Crippen molar-refractivity contribution in [2.75, 3.05) is 0 Å². The number of rotatable bonds is 5. The van der Waals surface area contributed by atoms with Gasteiger partial charge >= 0.3 is 7.32 Å². The Morgan fingerprint density at radius 3 is 1.79 bits per heavy atom. The summed E-state index contributed by atoms with van der Waals surface area (Å²) in [6.07, 6.45) is -0.622. The lowest BCUT2D eigenvalue weighted by atomic mass is 9.95. The standard InChI is InChI=1S/C14H16BNO3/c16-13(11-7-3-1-4-8-11)14(19-15(17)18)12-9-5-2-6-10-12/h1-10,13-14,17-18H,16H2. The van der Waals surface area contributed by atoms with E-state index in [1.165, 1.54) is 0 Å². The van der Waals surface area contributed by atoms with E-state index in [1.54, 1.807) is 0 Å². The average molecular weight is 257 g/mol. The van der Waals surface area contributed by atoms with Gasteiger partial charge in [0.1, 0.15) is 0 Å². The molecule has 5 heteroatoms. The van der Waals surface area contributed by atoms with Gasteiger partial charge in [-0.05, 0) is 11.1 Å². The summed E-state index contributed by atoms with van der Waals surface area (Å²) in [5, 5.41) is 18.1. The van der Waals surface area contributed by atoms with Crippen LogP contribution >= 0.6 is 0 Å². The highest BCUT2D eigenvalue weighted by Gasteiger charge is 2.26. The smallest absolute Gasteiger partial charge is 0.402 e. The third kappa shape index (κ3) is 3.65. The van der Waals surface area contributed by atoms with Crippen LogP contribution in [0.25, 0.3) is 0 Å². The molecule has 0 saturated carbocycles. The minimum Gasteiger partial charge on any atom is -0.402 e. The van der Waals surface area contributed by atoms with E-state index >= 15 is 0 Å². The Morgan fingerprint density at radius 2 is 1.32 bits per heavy atom. The summed E-state index contributed by atoms with van der Waals surface area (Å²) in [5.41, 5.74) is 7.84. The molecular formula is C14H16BNO3. The first-order chi connectivity index (χ1) is 9.18. The summed E-state index contributed by atoms with van der Waals surface area (Å²) in [6, 6.07) is 18.2. The number of benzene rings is 2. The fraction of sp³-hybridized carbons (Fsp3) is 0.143. The number of hydrogen-bond donors (Lipinski definition) is 3. The van der Waals surface area contributed by atoms with Gasteiger partial charge in [0.15, 0.2) is 0 Å². The van der Waals surface area contributed by atoms with Crippen molar-refractivity contribution < 1.29 is 14.7 Å². The van der Waals surface area contributed by atoms with Crippen molar-refractivity contribution in [3.05, 3.63) is 71.8 Å². The van der Waals surface area contributed by atoms with Gasteiger partial charge in [0.2, 0.25) is 0 Å². The van der Waals surface area contributed by atoms with Gasteiger partial charge in [0.05, 0.1) is 12.1 Å². The zero-order valence-corrected chi connectivity index (χ0v) is 10.4. The molecule has 2 rings (SSSR count). The molecule has 0 aliphatic carbocycles. The van der Waals surface area contributed by atoms with E-state index in [0.29, 0.717) is 0 Å². The summed E-state index contributed by atoms with van der Waals surface area (Å²) in [7, 11) is -1.86. The molecule has 0 fully saturated rings. The van der Waals surface area contributed by atoms with Gasteiger partial charge in [0, 0.05) is 0 Å². The van der Waals surface area contributed by atoms with E-state index in [1.807, 2.05) is 60.7 Å². The highest BCUT2D eigenvalue weighted by molar-refractivity contribution is 6.32. The van der Waals surface area contributed by atoms with Crippen LogP contribution in [0.3, 0.4) is 0 Å². The molecule has 4 N–H and O–H groups in total. The largest absolute Gasteiger partial charge is 0.634 e. The molecule has 2 unspecified atom stereocenters. The lowest BCUT2D eigenvalue weighted by Gasteiger charge is -2.25. The summed E-state index contributed by atoms with van der Waals surface area (Å²) < 4.78 is 5.14. The molecule has 19 heavy (non-hydrogen) atoms. The molecule has 0 bridgehead atoms. The Kier molecular flexibility index (Phi) is 4.71. The summed E-state index contributed by atoms with van der Waals surface area (Å²) in [4.78, 5) is 0. The number of nitrogens with two attached hydrogens (primary N) is 1. The minimum atomic E-state index is -1.86. The van der Waals surface area contributed by atoms with Crippen LogP contribution in [0.15, 0.2) is 60.7 Å². The maximum absolute atomic E-state index is 9.06. The normalized spacial score (nSPS) is 13.8. The molecule has 2 aromatic rings. The van der Waals surface area contributed by atoms with Crippen LogP contribution in [0.5, 0.6) is 0 Å². The molecule has 2 atom stereocenters. The van der Waals surface area contributed by atoms with Gasteiger partial charge in [-0.15, -0.1) is 0 Å². The van der Waals surface area contributed by atoms with Crippen LogP contribution < -0.4 is 5.73 Å². The Morgan fingerprint density at radius 1 is 0.842 bits per heavy atom. The van der Waals surface area contributed by atoms with E-state index in [4.69, 9.17) is 20.4 Å². The van der Waals surface area contributed by atoms with Crippen molar-refractivity contribution in [3.8, 4) is 0 Å². The lowest BCUT2D eigenvalue weighted by Crippen LogP contribution is -2.29. The van der Waals surface area contributed by atoms with Crippen molar-refractivity contribution in [2.45, 2.75) is 12.1 Å². The zero-order valence-electron chi connectivity index (χ0n) is 10.4. The van der Waals surface area contributed by atoms with E-state index < -0.39 is 19.5 Å². The third-order valence-electron chi connectivity index (χ3n) is 2.91. The first-order valence-corrected chi connectivity index (χ1v) is 6.05. The lowest BCUT2D eigenvalue weighted by molar-refractivity contribution is 0.0987. The van der Waals surface area contributed by atoms with Crippen molar-refractivity contribution in [1.29, 1.82) is 0 Å². The van der Waals surface area contributed by atoms with Crippen LogP contribution in [0.2, 0.25) is 0 Å². The molecule has 0 heterocycles. The fourth-order valence-electron chi connectivity index (χ4n) is 1.99. The SMILES string of the molecule is NC(c1ccccc1)C(OB(O)O)c1ccccc1. The molecule has 98 valence electrons. The maximum atomic E-state index is 9.06. The topological polar surface area (TPSA) is 75.7 Å². The first kappa shape index (κ1) is 13.8. The van der Waals surface area contributed by atoms with Crippen molar-refractivity contribution in [3.63, 3.8) is 0 Å². The quantitative estimate of drug-likeness (QED) is 0.708. The van der Waals surface area contributed by atoms with Crippen molar-refractivity contribution in [2.24, 2.45) is 5.73 Å².